The lowest BCUT2D eigenvalue weighted by atomic mass is 9.62. The molecule has 0 saturated carbocycles. The third-order valence-electron chi connectivity index (χ3n) is 8.90. The van der Waals surface area contributed by atoms with Gasteiger partial charge < -0.3 is 15.0 Å². The molecule has 210 valence electrons. The maximum atomic E-state index is 14.9. The number of para-hydroxylation sites is 2. The van der Waals surface area contributed by atoms with Crippen LogP contribution in [-0.4, -0.2) is 35.0 Å². The first-order valence-electron chi connectivity index (χ1n) is 14.2. The molecule has 4 aromatic carbocycles. The number of nitrogens with one attached hydrogen (secondary N) is 1. The van der Waals surface area contributed by atoms with E-state index in [-0.39, 0.29) is 35.4 Å². The summed E-state index contributed by atoms with van der Waals surface area (Å²) in [7, 11) is 0. The number of rotatable bonds is 6. The lowest BCUT2D eigenvalue weighted by Gasteiger charge is -2.38. The first-order valence-corrected chi connectivity index (χ1v) is 14.2. The van der Waals surface area contributed by atoms with Crippen LogP contribution in [0.1, 0.15) is 49.0 Å². The van der Waals surface area contributed by atoms with E-state index in [1.165, 1.54) is 0 Å². The van der Waals surface area contributed by atoms with Gasteiger partial charge in [-0.15, -0.1) is 0 Å². The standard InChI is InChI=1S/C36H27N3O4/c1-22-14-16-24(17-15-22)32(40)30-31(33(41)26-10-4-7-13-29(26)43-21-19-37)39-20-18-23-8-2-3-9-25(23)34(39)36(30)27-11-5-6-12-28(27)38-35(36)42/h2-18,20,30-31,34H,21H2,1H3,(H,38,42)/t30-,31+,34-,36-/m0/s1. The van der Waals surface area contributed by atoms with E-state index < -0.39 is 23.4 Å². The molecule has 7 nitrogen and oxygen atoms in total. The Bertz CT molecular complexity index is 1870. The van der Waals surface area contributed by atoms with Gasteiger partial charge >= 0.3 is 0 Å². The Balaban J connectivity index is 1.52. The number of aryl methyl sites for hydroxylation is 1. The number of nitrogens with zero attached hydrogens (tertiary/aromatic N) is 2. The lowest BCUT2D eigenvalue weighted by molar-refractivity contribution is -0.122. The van der Waals surface area contributed by atoms with Crippen LogP contribution in [0.5, 0.6) is 5.75 Å². The quantitative estimate of drug-likeness (QED) is 0.293. The molecule has 1 saturated heterocycles. The third kappa shape index (κ3) is 3.84. The summed E-state index contributed by atoms with van der Waals surface area (Å²) in [5.74, 6) is -1.80. The van der Waals surface area contributed by atoms with E-state index in [0.717, 1.165) is 16.7 Å². The number of ether oxygens (including phenoxy) is 1. The fraction of sp³-hybridized carbons (Fsp3) is 0.167. The number of nitriles is 1. The summed E-state index contributed by atoms with van der Waals surface area (Å²) in [4.78, 5) is 46.2. The van der Waals surface area contributed by atoms with Crippen LogP contribution in [-0.2, 0) is 10.2 Å². The van der Waals surface area contributed by atoms with E-state index in [4.69, 9.17) is 4.74 Å². The molecule has 4 atom stereocenters. The number of carbonyl (C=O) groups excluding carboxylic acids is 3. The van der Waals surface area contributed by atoms with Crippen molar-refractivity contribution in [2.24, 2.45) is 5.92 Å². The Labute approximate surface area is 249 Å². The highest BCUT2D eigenvalue weighted by Crippen LogP contribution is 2.62. The molecule has 4 aromatic rings. The van der Waals surface area contributed by atoms with Gasteiger partial charge in [-0.1, -0.05) is 84.4 Å². The number of anilines is 1. The normalized spacial score (nSPS) is 22.7. The number of Topliss-reactive ketones (excluding diaryl/α,β-unsaturated/α-hetero) is 2. The molecule has 43 heavy (non-hydrogen) atoms. The molecular formula is C36H27N3O4. The van der Waals surface area contributed by atoms with Crippen molar-refractivity contribution in [1.82, 2.24) is 4.90 Å². The van der Waals surface area contributed by atoms with Crippen LogP contribution in [0.4, 0.5) is 5.69 Å². The molecule has 7 heteroatoms. The number of hydrogen-bond acceptors (Lipinski definition) is 6. The van der Waals surface area contributed by atoms with Gasteiger partial charge in [-0.25, -0.2) is 0 Å². The Morgan fingerprint density at radius 1 is 0.930 bits per heavy atom. The van der Waals surface area contributed by atoms with E-state index in [9.17, 15) is 19.6 Å². The van der Waals surface area contributed by atoms with Gasteiger partial charge in [0.2, 0.25) is 5.91 Å². The number of carbonyl (C=O) groups is 3. The van der Waals surface area contributed by atoms with Crippen molar-refractivity contribution in [2.75, 3.05) is 11.9 Å². The predicted molar refractivity (Wildman–Crippen MR) is 161 cm³/mol. The van der Waals surface area contributed by atoms with Gasteiger partial charge in [0.25, 0.3) is 0 Å². The molecule has 1 spiro atoms. The highest BCUT2D eigenvalue weighted by molar-refractivity contribution is 6.17. The monoisotopic (exact) mass is 565 g/mol. The first kappa shape index (κ1) is 26.4. The van der Waals surface area contributed by atoms with E-state index in [2.05, 4.69) is 5.32 Å². The van der Waals surface area contributed by atoms with Crippen LogP contribution < -0.4 is 10.1 Å². The zero-order valence-corrected chi connectivity index (χ0v) is 23.4. The summed E-state index contributed by atoms with van der Waals surface area (Å²) in [6.45, 7) is 1.71. The van der Waals surface area contributed by atoms with Crippen molar-refractivity contribution in [1.29, 1.82) is 5.26 Å². The average molecular weight is 566 g/mol. The zero-order valence-electron chi connectivity index (χ0n) is 23.4. The van der Waals surface area contributed by atoms with Gasteiger partial charge in [-0.2, -0.15) is 5.26 Å². The Hall–Kier alpha value is -5.48. The van der Waals surface area contributed by atoms with Crippen LogP contribution >= 0.6 is 0 Å². The molecular weight excluding hydrogens is 538 g/mol. The molecule has 7 rings (SSSR count). The number of benzene rings is 4. The van der Waals surface area contributed by atoms with Crippen molar-refractivity contribution in [2.45, 2.75) is 24.4 Å². The van der Waals surface area contributed by atoms with Crippen LogP contribution in [0.3, 0.4) is 0 Å². The van der Waals surface area contributed by atoms with Gasteiger partial charge in [0.15, 0.2) is 18.2 Å². The smallest absolute Gasteiger partial charge is 0.238 e. The van der Waals surface area contributed by atoms with Crippen molar-refractivity contribution in [3.63, 3.8) is 0 Å². The molecule has 3 aliphatic heterocycles. The average Bonchev–Trinajstić information content (AvgIpc) is 3.52. The van der Waals surface area contributed by atoms with Gasteiger partial charge in [0, 0.05) is 17.5 Å². The minimum Gasteiger partial charge on any atom is -0.478 e. The minimum absolute atomic E-state index is 0.236. The summed E-state index contributed by atoms with van der Waals surface area (Å²) in [5, 5.41) is 12.2. The summed E-state index contributed by atoms with van der Waals surface area (Å²) < 4.78 is 5.66. The van der Waals surface area contributed by atoms with Crippen LogP contribution in [0, 0.1) is 24.2 Å². The summed E-state index contributed by atoms with van der Waals surface area (Å²) >= 11 is 0. The number of hydrogen-bond donors (Lipinski definition) is 1. The molecule has 3 aliphatic rings. The van der Waals surface area contributed by atoms with Crippen LogP contribution in [0.25, 0.3) is 6.08 Å². The SMILES string of the molecule is Cc1ccc(C(=O)[C@@H]2[C@H](C(=O)c3ccccc3OCC#N)N3C=Cc4ccccc4[C@H]3[C@@]23C(=O)Nc2ccccc23)cc1. The van der Waals surface area contributed by atoms with Crippen molar-refractivity contribution < 1.29 is 19.1 Å². The Kier molecular flexibility index (Phi) is 6.21. The maximum Gasteiger partial charge on any atom is 0.238 e. The van der Waals surface area contributed by atoms with Crippen LogP contribution in [0.2, 0.25) is 0 Å². The Morgan fingerprint density at radius 3 is 2.47 bits per heavy atom. The molecule has 0 aromatic heterocycles. The number of ketones is 2. The molecule has 1 N–H and O–H groups in total. The third-order valence-corrected chi connectivity index (χ3v) is 8.90. The second-order valence-electron chi connectivity index (χ2n) is 11.1. The molecule has 1 fully saturated rings. The molecule has 3 heterocycles. The number of amides is 1. The van der Waals surface area contributed by atoms with E-state index in [0.29, 0.717) is 16.8 Å². The fourth-order valence-electron chi connectivity index (χ4n) is 7.13. The van der Waals surface area contributed by atoms with E-state index in [1.807, 2.05) is 90.8 Å². The van der Waals surface area contributed by atoms with Gasteiger partial charge in [0.1, 0.15) is 23.3 Å². The Morgan fingerprint density at radius 2 is 1.65 bits per heavy atom. The highest BCUT2D eigenvalue weighted by atomic mass is 16.5. The minimum atomic E-state index is -1.41. The zero-order chi connectivity index (χ0) is 29.7. The molecule has 0 aliphatic carbocycles. The molecule has 0 unspecified atom stereocenters. The van der Waals surface area contributed by atoms with Gasteiger partial charge in [-0.3, -0.25) is 14.4 Å². The second-order valence-corrected chi connectivity index (χ2v) is 11.1. The highest BCUT2D eigenvalue weighted by Gasteiger charge is 2.70. The van der Waals surface area contributed by atoms with Crippen molar-refractivity contribution in [3.8, 4) is 11.8 Å². The molecule has 0 radical (unpaired) electrons. The summed E-state index contributed by atoms with van der Waals surface area (Å²) in [6, 6.07) is 29.5. The second kappa shape index (κ2) is 10.1. The van der Waals surface area contributed by atoms with E-state index >= 15 is 0 Å². The van der Waals surface area contributed by atoms with Gasteiger partial charge in [-0.05, 0) is 47.9 Å². The largest absolute Gasteiger partial charge is 0.478 e. The molecule has 0 bridgehead atoms. The maximum absolute atomic E-state index is 14.9. The summed E-state index contributed by atoms with van der Waals surface area (Å²) in [6.07, 6.45) is 3.77. The lowest BCUT2D eigenvalue weighted by Crippen LogP contribution is -2.49. The number of fused-ring (bicyclic) bond motifs is 6. The van der Waals surface area contributed by atoms with Crippen molar-refractivity contribution in [3.05, 3.63) is 137 Å². The summed E-state index contributed by atoms with van der Waals surface area (Å²) in [5.41, 5.74) is 3.36. The van der Waals surface area contributed by atoms with Gasteiger partial charge in [0.05, 0.1) is 17.5 Å². The van der Waals surface area contributed by atoms with Crippen LogP contribution in [0.15, 0.2) is 103 Å². The van der Waals surface area contributed by atoms with E-state index in [1.54, 1.807) is 36.4 Å². The molecule has 1 amide bonds. The first-order chi connectivity index (χ1) is 21.0. The predicted octanol–water partition coefficient (Wildman–Crippen LogP) is 5.88. The topological polar surface area (TPSA) is 99.5 Å². The van der Waals surface area contributed by atoms with Crippen molar-refractivity contribution >= 4 is 29.2 Å². The fourth-order valence-corrected chi connectivity index (χ4v) is 7.13.